The number of aromatic nitrogens is 4. The average Bonchev–Trinajstić information content (AvgIpc) is 0.741. The molecule has 0 unspecified atom stereocenters. The summed E-state index contributed by atoms with van der Waals surface area (Å²) in [6.07, 6.45) is -4.84. The maximum absolute atomic E-state index is 16.5. The summed E-state index contributed by atoms with van der Waals surface area (Å²) in [6.45, 7) is 27.4. The summed E-state index contributed by atoms with van der Waals surface area (Å²) in [5, 5.41) is 1.63. The van der Waals surface area contributed by atoms with E-state index in [9.17, 15) is 0 Å². The van der Waals surface area contributed by atoms with Crippen molar-refractivity contribution >= 4 is 79.0 Å². The quantitative estimate of drug-likeness (QED) is 0.149. The summed E-state index contributed by atoms with van der Waals surface area (Å²) < 4.78 is 51.2. The maximum Gasteiger partial charge on any atom is 0.419 e. The van der Waals surface area contributed by atoms with Crippen LogP contribution < -0.4 is 26.2 Å². The van der Waals surface area contributed by atoms with Crippen LogP contribution in [0.2, 0.25) is 0 Å². The van der Waals surface area contributed by atoms with Gasteiger partial charge in [-0.3, -0.25) is 0 Å². The minimum Gasteiger partial charge on any atom is -0.311 e. The molecule has 0 atom stereocenters. The Morgan fingerprint density at radius 1 is 0.333 bits per heavy atom. The van der Waals surface area contributed by atoms with Crippen LogP contribution in [0.4, 0.5) is 47.3 Å². The number of hydrogen-bond acceptors (Lipinski definition) is 5. The summed E-state index contributed by atoms with van der Waals surface area (Å²) in [5.41, 5.74) is 18.0. The van der Waals surface area contributed by atoms with Gasteiger partial charge in [0.1, 0.15) is 0 Å². The Morgan fingerprint density at radius 3 is 1.23 bits per heavy atom. The predicted molar refractivity (Wildman–Crippen MR) is 370 cm³/mol. The van der Waals surface area contributed by atoms with Gasteiger partial charge in [-0.05, 0) is 144 Å². The minimum atomic E-state index is -4.84. The molecule has 0 spiro atoms. The van der Waals surface area contributed by atoms with Gasteiger partial charge in [-0.15, -0.1) is 0 Å². The largest absolute Gasteiger partial charge is 0.419 e. The first-order valence-electron chi connectivity index (χ1n) is 31.2. The van der Waals surface area contributed by atoms with Crippen LogP contribution in [-0.2, 0) is 27.8 Å². The van der Waals surface area contributed by atoms with Gasteiger partial charge in [-0.25, -0.2) is 15.0 Å². The van der Waals surface area contributed by atoms with Crippen molar-refractivity contribution in [2.24, 2.45) is 0 Å². The van der Waals surface area contributed by atoms with E-state index in [1.54, 1.807) is 16.7 Å². The molecule has 2 aliphatic rings. The number of para-hydroxylation sites is 3. The van der Waals surface area contributed by atoms with Crippen molar-refractivity contribution in [1.29, 1.82) is 0 Å². The number of halogens is 3. The molecular weight excluding hydrogens is 1110 g/mol. The SMILES string of the molecule is CC(C)(C)c1cc(N2c3ccccc3B3c4ccccc4N(c4cc(C(C)(C)C)cc(C(C)(C)C)c4)c4cc(-c5ccc6c(c5)c5ccccc5n6-c5cccc(-c6nc(-c7ccccc7)nc(-c7ccccc7)n6)c5C(F)(F)F)cc2c43)cc(C(C)(C)C)c1. The van der Waals surface area contributed by atoms with Crippen molar-refractivity contribution in [3.63, 3.8) is 0 Å². The topological polar surface area (TPSA) is 50.1 Å². The van der Waals surface area contributed by atoms with Crippen LogP contribution in [0.15, 0.2) is 218 Å². The molecule has 2 aliphatic heterocycles. The van der Waals surface area contributed by atoms with Gasteiger partial charge in [0.15, 0.2) is 17.5 Å². The fraction of sp³-hybridized carbons (Fsp3) is 0.212. The molecule has 446 valence electrons. The second-order valence-electron chi connectivity index (χ2n) is 28.5. The van der Waals surface area contributed by atoms with Gasteiger partial charge in [0.2, 0.25) is 0 Å². The van der Waals surface area contributed by atoms with E-state index in [0.29, 0.717) is 22.2 Å². The monoisotopic (exact) mass is 1180 g/mol. The molecule has 0 bridgehead atoms. The van der Waals surface area contributed by atoms with Gasteiger partial charge in [0.25, 0.3) is 6.71 Å². The lowest BCUT2D eigenvalue weighted by atomic mass is 9.33. The van der Waals surface area contributed by atoms with E-state index in [2.05, 4.69) is 202 Å². The van der Waals surface area contributed by atoms with Crippen LogP contribution in [0.25, 0.3) is 72.8 Å². The number of anilines is 6. The van der Waals surface area contributed by atoms with Gasteiger partial charge >= 0.3 is 6.18 Å². The molecule has 0 fully saturated rings. The second kappa shape index (κ2) is 21.0. The zero-order chi connectivity index (χ0) is 63.0. The van der Waals surface area contributed by atoms with Crippen LogP contribution >= 0.6 is 0 Å². The summed E-state index contributed by atoms with van der Waals surface area (Å²) >= 11 is 0. The highest BCUT2D eigenvalue weighted by Gasteiger charge is 2.45. The first kappa shape index (κ1) is 58.2. The zero-order valence-corrected chi connectivity index (χ0v) is 53.2. The van der Waals surface area contributed by atoms with E-state index in [4.69, 9.17) is 15.0 Å². The lowest BCUT2D eigenvalue weighted by molar-refractivity contribution is -0.137. The van der Waals surface area contributed by atoms with Crippen LogP contribution in [-0.4, -0.2) is 26.2 Å². The van der Waals surface area contributed by atoms with Crippen molar-refractivity contribution in [2.45, 2.75) is 111 Å². The number of benzene rings is 10. The number of hydrogen-bond donors (Lipinski definition) is 0. The first-order valence-corrected chi connectivity index (χ1v) is 31.2. The van der Waals surface area contributed by atoms with Gasteiger partial charge in [0.05, 0.1) is 22.3 Å². The fourth-order valence-corrected chi connectivity index (χ4v) is 13.4. The Morgan fingerprint density at radius 2 is 0.756 bits per heavy atom. The third-order valence-electron chi connectivity index (χ3n) is 18.2. The predicted octanol–water partition coefficient (Wildman–Crippen LogP) is 19.9. The molecule has 0 saturated carbocycles. The summed E-state index contributed by atoms with van der Waals surface area (Å²) in [7, 11) is 0. The molecule has 0 amide bonds. The minimum absolute atomic E-state index is 0.0334. The van der Waals surface area contributed by atoms with Crippen molar-refractivity contribution in [2.75, 3.05) is 9.80 Å². The second-order valence-corrected chi connectivity index (χ2v) is 28.5. The molecule has 4 heterocycles. The summed E-state index contributed by atoms with van der Waals surface area (Å²) in [4.78, 5) is 19.5. The molecule has 10 aromatic carbocycles. The van der Waals surface area contributed by atoms with E-state index in [0.717, 1.165) is 56.0 Å². The number of fused-ring (bicyclic) bond motifs is 7. The van der Waals surface area contributed by atoms with Crippen molar-refractivity contribution < 1.29 is 13.2 Å². The zero-order valence-electron chi connectivity index (χ0n) is 53.2. The van der Waals surface area contributed by atoms with Gasteiger partial charge in [-0.1, -0.05) is 229 Å². The molecule has 0 aliphatic carbocycles. The third-order valence-corrected chi connectivity index (χ3v) is 18.2. The van der Waals surface area contributed by atoms with Crippen molar-refractivity contribution in [3.05, 3.63) is 246 Å². The van der Waals surface area contributed by atoms with E-state index >= 15 is 13.2 Å². The Labute approximate surface area is 526 Å². The molecule has 0 N–H and O–H groups in total. The standard InChI is InChI=1S/C80H72BF3N6/c1-76(2,3)53-43-54(77(4,5)6)46-57(45-53)88-66-35-23-20-32-62(66)81-63-33-21-24-36-67(63)89(58-47-55(78(7,8)9)44-56(48-58)79(10,11)12)70-42-52(41-69(88)72(70)81)51-38-39-65-61(40-51)59-30-19-22-34-64(59)90(65)68-37-25-31-60(71(68)80(82,83)84)75-86-73(49-26-15-13-16-27-49)85-74(87-75)50-28-17-14-18-29-50/h13-48H,1-12H3. The lowest BCUT2D eigenvalue weighted by Crippen LogP contribution is -2.61. The normalized spacial score (nSPS) is 13.4. The number of rotatable bonds is 7. The smallest absolute Gasteiger partial charge is 0.311 e. The van der Waals surface area contributed by atoms with Gasteiger partial charge in [0, 0.05) is 61.6 Å². The van der Waals surface area contributed by atoms with E-state index < -0.39 is 11.7 Å². The Bertz CT molecular complexity index is 4560. The van der Waals surface area contributed by atoms with E-state index in [-0.39, 0.29) is 57.1 Å². The third kappa shape index (κ3) is 10.0. The van der Waals surface area contributed by atoms with Crippen molar-refractivity contribution in [3.8, 4) is 51.0 Å². The summed E-state index contributed by atoms with van der Waals surface area (Å²) in [5.74, 6) is 0.469. The Balaban J connectivity index is 1.04. The molecule has 2 aromatic heterocycles. The molecule has 10 heteroatoms. The maximum atomic E-state index is 16.5. The number of nitrogens with zero attached hydrogens (tertiary/aromatic N) is 6. The Hall–Kier alpha value is -9.54. The highest BCUT2D eigenvalue weighted by Crippen LogP contribution is 2.50. The van der Waals surface area contributed by atoms with Crippen LogP contribution in [0.3, 0.4) is 0 Å². The number of alkyl halides is 3. The van der Waals surface area contributed by atoms with E-state index in [1.165, 1.54) is 44.7 Å². The molecule has 0 saturated heterocycles. The van der Waals surface area contributed by atoms with Crippen LogP contribution in [0, 0.1) is 0 Å². The molecule has 12 aromatic rings. The summed E-state index contributed by atoms with van der Waals surface area (Å²) in [6, 6.07) is 74.3. The van der Waals surface area contributed by atoms with Crippen LogP contribution in [0.1, 0.15) is 111 Å². The van der Waals surface area contributed by atoms with Crippen molar-refractivity contribution in [1.82, 2.24) is 19.5 Å². The molecule has 0 radical (unpaired) electrons. The Kier molecular flexibility index (Phi) is 13.6. The molecule has 14 rings (SSSR count). The van der Waals surface area contributed by atoms with E-state index in [1.807, 2.05) is 91.0 Å². The fourth-order valence-electron chi connectivity index (χ4n) is 13.4. The van der Waals surface area contributed by atoms with Gasteiger partial charge < -0.3 is 14.4 Å². The average molecular weight is 1190 g/mol. The van der Waals surface area contributed by atoms with Gasteiger partial charge in [-0.2, -0.15) is 13.2 Å². The molecule has 90 heavy (non-hydrogen) atoms. The highest BCUT2D eigenvalue weighted by atomic mass is 19.4. The lowest BCUT2D eigenvalue weighted by Gasteiger charge is -2.45. The molecule has 6 nitrogen and oxygen atoms in total. The molecular formula is C80H72BF3N6. The van der Waals surface area contributed by atoms with Crippen LogP contribution in [0.5, 0.6) is 0 Å². The highest BCUT2D eigenvalue weighted by molar-refractivity contribution is 7.00. The first-order chi connectivity index (χ1) is 42.8.